The first-order valence-electron chi connectivity index (χ1n) is 3.72. The maximum Gasteiger partial charge on any atom is 0.0941 e. The third kappa shape index (κ3) is 3.27. The lowest BCUT2D eigenvalue weighted by molar-refractivity contribution is 0.818. The largest absolute Gasteiger partial charge is 0.319 e. The van der Waals surface area contributed by atoms with Crippen LogP contribution in [0.1, 0.15) is 11.3 Å². The fourth-order valence-electron chi connectivity index (χ4n) is 0.719. The Labute approximate surface area is 81.7 Å². The lowest BCUT2D eigenvalue weighted by atomic mass is 10.4. The summed E-state index contributed by atoms with van der Waals surface area (Å²) >= 11 is 7.26. The number of halogens is 1. The molecule has 1 rings (SSSR count). The van der Waals surface area contributed by atoms with Gasteiger partial charge in [0.15, 0.2) is 0 Å². The van der Waals surface area contributed by atoms with Gasteiger partial charge >= 0.3 is 0 Å². The van der Waals surface area contributed by atoms with Crippen LogP contribution in [0.25, 0.3) is 0 Å². The van der Waals surface area contributed by atoms with Crippen LogP contribution < -0.4 is 5.32 Å². The molecular formula is C9H10ClNS. The molecule has 0 amide bonds. The third-order valence-electron chi connectivity index (χ3n) is 1.28. The Morgan fingerprint density at radius 1 is 1.58 bits per heavy atom. The molecule has 3 heteroatoms. The van der Waals surface area contributed by atoms with Gasteiger partial charge in [0.2, 0.25) is 0 Å². The van der Waals surface area contributed by atoms with E-state index in [1.54, 1.807) is 0 Å². The molecule has 0 fully saturated rings. The maximum atomic E-state index is 5.74. The van der Waals surface area contributed by atoms with Gasteiger partial charge in [-0.1, -0.05) is 23.4 Å². The van der Waals surface area contributed by atoms with Crippen molar-refractivity contribution in [3.05, 3.63) is 21.3 Å². The first kappa shape index (κ1) is 9.60. The van der Waals surface area contributed by atoms with Crippen LogP contribution in [0.3, 0.4) is 0 Å². The van der Waals surface area contributed by atoms with Gasteiger partial charge in [-0.05, 0) is 19.2 Å². The third-order valence-corrected chi connectivity index (χ3v) is 2.43. The molecule has 0 aromatic carbocycles. The van der Waals surface area contributed by atoms with Crippen LogP contribution in [0.5, 0.6) is 0 Å². The van der Waals surface area contributed by atoms with Gasteiger partial charge in [-0.25, -0.2) is 0 Å². The highest BCUT2D eigenvalue weighted by molar-refractivity contribution is 7.16. The van der Waals surface area contributed by atoms with Crippen LogP contribution in [0.15, 0.2) is 12.1 Å². The van der Waals surface area contributed by atoms with E-state index in [2.05, 4.69) is 17.2 Å². The molecule has 0 unspecified atom stereocenters. The predicted octanol–water partition coefficient (Wildman–Crippen LogP) is 2.36. The minimum atomic E-state index is 0.799. The second-order valence-electron chi connectivity index (χ2n) is 2.26. The smallest absolute Gasteiger partial charge is 0.0941 e. The molecule has 1 aromatic heterocycles. The summed E-state index contributed by atoms with van der Waals surface area (Å²) in [5.41, 5.74) is 0. The van der Waals surface area contributed by atoms with Crippen LogP contribution in [-0.2, 0) is 0 Å². The van der Waals surface area contributed by atoms with E-state index in [1.807, 2.05) is 19.2 Å². The number of nitrogens with one attached hydrogen (secondary N) is 1. The molecule has 0 aliphatic carbocycles. The summed E-state index contributed by atoms with van der Waals surface area (Å²) in [7, 11) is 1.92. The highest BCUT2D eigenvalue weighted by atomic mass is 35.5. The average molecular weight is 200 g/mol. The summed E-state index contributed by atoms with van der Waals surface area (Å²) in [6.45, 7) is 0.937. The highest BCUT2D eigenvalue weighted by Gasteiger charge is 1.91. The van der Waals surface area contributed by atoms with Gasteiger partial charge in [0.1, 0.15) is 0 Å². The van der Waals surface area contributed by atoms with Crippen molar-refractivity contribution in [1.82, 2.24) is 5.32 Å². The zero-order chi connectivity index (χ0) is 8.81. The Kier molecular flexibility index (Phi) is 4.16. The average Bonchev–Trinajstić information content (AvgIpc) is 2.45. The number of hydrogen-bond donors (Lipinski definition) is 1. The van der Waals surface area contributed by atoms with Crippen molar-refractivity contribution >= 4 is 22.9 Å². The predicted molar refractivity (Wildman–Crippen MR) is 54.8 cm³/mol. The maximum absolute atomic E-state index is 5.74. The first-order valence-corrected chi connectivity index (χ1v) is 4.91. The molecule has 64 valence electrons. The summed E-state index contributed by atoms with van der Waals surface area (Å²) in [6.07, 6.45) is 0.881. The van der Waals surface area contributed by atoms with Gasteiger partial charge in [0.05, 0.1) is 9.21 Å². The van der Waals surface area contributed by atoms with Crippen molar-refractivity contribution in [2.75, 3.05) is 13.6 Å². The van der Waals surface area contributed by atoms with E-state index in [1.165, 1.54) is 11.3 Å². The standard InChI is InChI=1S/C9H10ClNS/c1-11-7-3-2-4-8-5-6-9(10)12-8/h5-6,11H,3,7H2,1H3. The molecule has 0 aliphatic heterocycles. The topological polar surface area (TPSA) is 12.0 Å². The molecule has 1 heterocycles. The van der Waals surface area contributed by atoms with Crippen molar-refractivity contribution in [2.24, 2.45) is 0 Å². The lowest BCUT2D eigenvalue weighted by Crippen LogP contribution is -2.05. The van der Waals surface area contributed by atoms with Gasteiger partial charge in [0, 0.05) is 13.0 Å². The van der Waals surface area contributed by atoms with Crippen LogP contribution in [-0.4, -0.2) is 13.6 Å². The molecule has 0 atom stereocenters. The first-order chi connectivity index (χ1) is 5.83. The van der Waals surface area contributed by atoms with Gasteiger partial charge in [-0.3, -0.25) is 0 Å². The van der Waals surface area contributed by atoms with Gasteiger partial charge in [-0.2, -0.15) is 0 Å². The number of thiophene rings is 1. The SMILES string of the molecule is CNCCC#Cc1ccc(Cl)s1. The van der Waals surface area contributed by atoms with E-state index in [0.717, 1.165) is 22.2 Å². The van der Waals surface area contributed by atoms with Crippen molar-refractivity contribution < 1.29 is 0 Å². The Bertz CT molecular complexity index is 295. The molecule has 1 nitrogen and oxygen atoms in total. The Balaban J connectivity index is 2.43. The van der Waals surface area contributed by atoms with Crippen LogP contribution in [0.4, 0.5) is 0 Å². The van der Waals surface area contributed by atoms with E-state index in [-0.39, 0.29) is 0 Å². The Morgan fingerprint density at radius 2 is 2.42 bits per heavy atom. The molecule has 0 aliphatic rings. The molecule has 12 heavy (non-hydrogen) atoms. The van der Waals surface area contributed by atoms with Crippen molar-refractivity contribution in [1.29, 1.82) is 0 Å². The van der Waals surface area contributed by atoms with Crippen LogP contribution >= 0.6 is 22.9 Å². The normalized spacial score (nSPS) is 9.17. The van der Waals surface area contributed by atoms with Crippen LogP contribution in [0.2, 0.25) is 4.34 Å². The summed E-state index contributed by atoms with van der Waals surface area (Å²) in [6, 6.07) is 3.81. The quantitative estimate of drug-likeness (QED) is 0.570. The zero-order valence-corrected chi connectivity index (χ0v) is 8.43. The molecule has 0 spiro atoms. The molecule has 0 bridgehead atoms. The molecule has 0 saturated carbocycles. The highest BCUT2D eigenvalue weighted by Crippen LogP contribution is 2.20. The van der Waals surface area contributed by atoms with Crippen molar-refractivity contribution in [2.45, 2.75) is 6.42 Å². The van der Waals surface area contributed by atoms with Crippen LogP contribution in [0, 0.1) is 11.8 Å². The summed E-state index contributed by atoms with van der Waals surface area (Å²) in [4.78, 5) is 1.04. The summed E-state index contributed by atoms with van der Waals surface area (Å²) in [5.74, 6) is 6.10. The van der Waals surface area contributed by atoms with Crippen molar-refractivity contribution in [3.8, 4) is 11.8 Å². The van der Waals surface area contributed by atoms with Gasteiger partial charge < -0.3 is 5.32 Å². The van der Waals surface area contributed by atoms with E-state index in [9.17, 15) is 0 Å². The molecule has 1 aromatic rings. The molecule has 0 radical (unpaired) electrons. The van der Waals surface area contributed by atoms with E-state index >= 15 is 0 Å². The number of rotatable bonds is 2. The minimum absolute atomic E-state index is 0.799. The van der Waals surface area contributed by atoms with Crippen molar-refractivity contribution in [3.63, 3.8) is 0 Å². The fourth-order valence-corrected chi connectivity index (χ4v) is 1.64. The lowest BCUT2D eigenvalue weighted by Gasteiger charge is -1.86. The summed E-state index contributed by atoms with van der Waals surface area (Å²) in [5, 5.41) is 3.03. The van der Waals surface area contributed by atoms with Gasteiger partial charge in [-0.15, -0.1) is 11.3 Å². The van der Waals surface area contributed by atoms with Gasteiger partial charge in [0.25, 0.3) is 0 Å². The van der Waals surface area contributed by atoms with E-state index in [0.29, 0.717) is 0 Å². The Morgan fingerprint density at radius 3 is 3.00 bits per heavy atom. The molecule has 0 saturated heterocycles. The Hall–Kier alpha value is -0.490. The van der Waals surface area contributed by atoms with E-state index in [4.69, 9.17) is 11.6 Å². The van der Waals surface area contributed by atoms with E-state index < -0.39 is 0 Å². The second-order valence-corrected chi connectivity index (χ2v) is 3.97. The second kappa shape index (κ2) is 5.21. The minimum Gasteiger partial charge on any atom is -0.319 e. The molecular weight excluding hydrogens is 190 g/mol. The monoisotopic (exact) mass is 199 g/mol. The zero-order valence-electron chi connectivity index (χ0n) is 6.86. The molecule has 1 N–H and O–H groups in total. The number of hydrogen-bond acceptors (Lipinski definition) is 2. The summed E-state index contributed by atoms with van der Waals surface area (Å²) < 4.78 is 0.799. The fraction of sp³-hybridized carbons (Fsp3) is 0.333.